The molecule has 1 atom stereocenters. The molecule has 0 bridgehead atoms. The summed E-state index contributed by atoms with van der Waals surface area (Å²) >= 11 is 1.34. The quantitative estimate of drug-likeness (QED) is 0.792. The van der Waals surface area contributed by atoms with E-state index in [0.717, 1.165) is 36.1 Å². The van der Waals surface area contributed by atoms with E-state index in [9.17, 15) is 14.7 Å². The second-order valence-electron chi connectivity index (χ2n) is 5.03. The molecule has 1 rings (SSSR count). The predicted molar refractivity (Wildman–Crippen MR) is 82.7 cm³/mol. The average molecular weight is 297 g/mol. The third-order valence-corrected chi connectivity index (χ3v) is 4.73. The van der Waals surface area contributed by atoms with Crippen molar-refractivity contribution in [2.45, 2.75) is 53.4 Å². The molecule has 4 nitrogen and oxygen atoms in total. The number of thiophene rings is 1. The number of nitrogens with one attached hydrogen (secondary N) is 1. The first-order valence-electron chi connectivity index (χ1n) is 7.06. The summed E-state index contributed by atoms with van der Waals surface area (Å²) in [6.07, 6.45) is 3.70. The van der Waals surface area contributed by atoms with E-state index in [-0.39, 0.29) is 17.4 Å². The Balaban J connectivity index is 2.89. The number of carboxylic acids is 1. The summed E-state index contributed by atoms with van der Waals surface area (Å²) in [5.41, 5.74) is 0.964. The van der Waals surface area contributed by atoms with Gasteiger partial charge in [0.05, 0.1) is 5.56 Å². The van der Waals surface area contributed by atoms with Crippen LogP contribution in [-0.4, -0.2) is 17.0 Å². The number of carbonyl (C=O) groups excluding carboxylic acids is 1. The van der Waals surface area contributed by atoms with Crippen LogP contribution in [0.25, 0.3) is 0 Å². The van der Waals surface area contributed by atoms with Crippen LogP contribution in [0.1, 0.15) is 60.3 Å². The Kier molecular flexibility index (Phi) is 6.20. The number of amides is 1. The fourth-order valence-electron chi connectivity index (χ4n) is 2.16. The van der Waals surface area contributed by atoms with Crippen LogP contribution in [0, 0.1) is 19.8 Å². The summed E-state index contributed by atoms with van der Waals surface area (Å²) in [7, 11) is 0. The lowest BCUT2D eigenvalue weighted by atomic mass is 9.98. The Hall–Kier alpha value is -1.36. The minimum absolute atomic E-state index is 0.0423. The van der Waals surface area contributed by atoms with Gasteiger partial charge >= 0.3 is 5.97 Å². The first kappa shape index (κ1) is 16.7. The van der Waals surface area contributed by atoms with E-state index >= 15 is 0 Å². The highest BCUT2D eigenvalue weighted by Crippen LogP contribution is 2.33. The summed E-state index contributed by atoms with van der Waals surface area (Å²) in [6, 6.07) is 0. The number of unbranched alkanes of at least 4 members (excludes halogenated alkanes) is 1. The Labute approximate surface area is 124 Å². The maximum absolute atomic E-state index is 12.2. The second kappa shape index (κ2) is 7.43. The molecular weight excluding hydrogens is 274 g/mol. The van der Waals surface area contributed by atoms with Crippen molar-refractivity contribution in [1.82, 2.24) is 0 Å². The average Bonchev–Trinajstić information content (AvgIpc) is 2.65. The van der Waals surface area contributed by atoms with Gasteiger partial charge in [0.15, 0.2) is 0 Å². The molecule has 0 radical (unpaired) electrons. The van der Waals surface area contributed by atoms with Crippen molar-refractivity contribution in [3.63, 3.8) is 0 Å². The highest BCUT2D eigenvalue weighted by molar-refractivity contribution is 7.16. The molecule has 0 fully saturated rings. The molecule has 0 aliphatic carbocycles. The molecule has 0 aliphatic heterocycles. The number of aromatic carboxylic acids is 1. The summed E-state index contributed by atoms with van der Waals surface area (Å²) in [6.45, 7) is 7.73. The molecule has 20 heavy (non-hydrogen) atoms. The SMILES string of the molecule is CCCCC(CC)C(=O)Nc1sc(C)c(C)c1C(=O)O. The third-order valence-electron chi connectivity index (χ3n) is 3.61. The maximum atomic E-state index is 12.2. The van der Waals surface area contributed by atoms with Crippen molar-refractivity contribution in [2.75, 3.05) is 5.32 Å². The van der Waals surface area contributed by atoms with Gasteiger partial charge in [0.2, 0.25) is 5.91 Å². The fourth-order valence-corrected chi connectivity index (χ4v) is 3.21. The number of anilines is 1. The fraction of sp³-hybridized carbons (Fsp3) is 0.600. The van der Waals surface area contributed by atoms with Crippen molar-refractivity contribution in [2.24, 2.45) is 5.92 Å². The molecule has 1 aromatic rings. The van der Waals surface area contributed by atoms with Crippen LogP contribution in [-0.2, 0) is 4.79 Å². The van der Waals surface area contributed by atoms with Gasteiger partial charge in [-0.15, -0.1) is 11.3 Å². The standard InChI is InChI=1S/C15H23NO3S/c1-5-7-8-11(6-2)13(17)16-14-12(15(18)19)9(3)10(4)20-14/h11H,5-8H2,1-4H3,(H,16,17)(H,18,19). The largest absolute Gasteiger partial charge is 0.478 e. The topological polar surface area (TPSA) is 66.4 Å². The van der Waals surface area contributed by atoms with Crippen LogP contribution < -0.4 is 5.32 Å². The van der Waals surface area contributed by atoms with Gasteiger partial charge in [0.25, 0.3) is 0 Å². The molecule has 0 aromatic carbocycles. The van der Waals surface area contributed by atoms with E-state index in [1.54, 1.807) is 6.92 Å². The highest BCUT2D eigenvalue weighted by atomic mass is 32.1. The molecule has 0 aliphatic rings. The Bertz CT molecular complexity index is 494. The zero-order valence-corrected chi connectivity index (χ0v) is 13.4. The molecule has 5 heteroatoms. The molecule has 2 N–H and O–H groups in total. The van der Waals surface area contributed by atoms with Crippen LogP contribution in [0.15, 0.2) is 0 Å². The molecule has 1 amide bonds. The number of aryl methyl sites for hydroxylation is 1. The zero-order valence-electron chi connectivity index (χ0n) is 12.6. The summed E-state index contributed by atoms with van der Waals surface area (Å²) < 4.78 is 0. The smallest absolute Gasteiger partial charge is 0.338 e. The summed E-state index contributed by atoms with van der Waals surface area (Å²) in [4.78, 5) is 24.5. The molecule has 1 unspecified atom stereocenters. The number of hydrogen-bond donors (Lipinski definition) is 2. The monoisotopic (exact) mass is 297 g/mol. The molecule has 1 aromatic heterocycles. The van der Waals surface area contributed by atoms with Crippen molar-refractivity contribution >= 4 is 28.2 Å². The number of carboxylic acid groups (broad SMARTS) is 1. The van der Waals surface area contributed by atoms with Gasteiger partial charge in [-0.25, -0.2) is 4.79 Å². The third kappa shape index (κ3) is 3.82. The van der Waals surface area contributed by atoms with E-state index in [2.05, 4.69) is 12.2 Å². The number of hydrogen-bond acceptors (Lipinski definition) is 3. The normalized spacial score (nSPS) is 12.2. The zero-order chi connectivity index (χ0) is 15.3. The van der Waals surface area contributed by atoms with Crippen molar-refractivity contribution in [1.29, 1.82) is 0 Å². The summed E-state index contributed by atoms with van der Waals surface area (Å²) in [5.74, 6) is -1.09. The van der Waals surface area contributed by atoms with Gasteiger partial charge in [0.1, 0.15) is 5.00 Å². The van der Waals surface area contributed by atoms with Crippen LogP contribution in [0.4, 0.5) is 5.00 Å². The lowest BCUT2D eigenvalue weighted by Crippen LogP contribution is -2.22. The van der Waals surface area contributed by atoms with E-state index in [1.165, 1.54) is 11.3 Å². The lowest BCUT2D eigenvalue weighted by Gasteiger charge is -2.14. The van der Waals surface area contributed by atoms with Gasteiger partial charge in [-0.05, 0) is 32.3 Å². The van der Waals surface area contributed by atoms with Gasteiger partial charge in [0, 0.05) is 10.8 Å². The van der Waals surface area contributed by atoms with Gasteiger partial charge in [-0.3, -0.25) is 4.79 Å². The van der Waals surface area contributed by atoms with Crippen LogP contribution in [0.5, 0.6) is 0 Å². The number of rotatable bonds is 7. The Morgan fingerprint density at radius 1 is 1.30 bits per heavy atom. The first-order valence-corrected chi connectivity index (χ1v) is 7.88. The van der Waals surface area contributed by atoms with Gasteiger partial charge in [-0.2, -0.15) is 0 Å². The molecule has 0 saturated heterocycles. The maximum Gasteiger partial charge on any atom is 0.338 e. The Morgan fingerprint density at radius 2 is 1.95 bits per heavy atom. The molecule has 0 spiro atoms. The molecule has 112 valence electrons. The summed E-state index contributed by atoms with van der Waals surface area (Å²) in [5, 5.41) is 12.5. The van der Waals surface area contributed by atoms with Crippen molar-refractivity contribution in [3.05, 3.63) is 16.0 Å². The van der Waals surface area contributed by atoms with Crippen molar-refractivity contribution < 1.29 is 14.7 Å². The van der Waals surface area contributed by atoms with E-state index < -0.39 is 5.97 Å². The van der Waals surface area contributed by atoms with Gasteiger partial charge < -0.3 is 10.4 Å². The number of carbonyl (C=O) groups is 2. The molecule has 0 saturated carbocycles. The van der Waals surface area contributed by atoms with Crippen LogP contribution >= 0.6 is 11.3 Å². The van der Waals surface area contributed by atoms with Crippen LogP contribution in [0.2, 0.25) is 0 Å². The van der Waals surface area contributed by atoms with E-state index in [4.69, 9.17) is 0 Å². The minimum Gasteiger partial charge on any atom is -0.478 e. The first-order chi connectivity index (χ1) is 9.42. The molecular formula is C15H23NO3S. The van der Waals surface area contributed by atoms with Gasteiger partial charge in [-0.1, -0.05) is 26.7 Å². The minimum atomic E-state index is -0.983. The lowest BCUT2D eigenvalue weighted by molar-refractivity contribution is -0.120. The van der Waals surface area contributed by atoms with Crippen molar-refractivity contribution in [3.8, 4) is 0 Å². The second-order valence-corrected chi connectivity index (χ2v) is 6.25. The van der Waals surface area contributed by atoms with Crippen LogP contribution in [0.3, 0.4) is 0 Å². The molecule has 1 heterocycles. The van der Waals surface area contributed by atoms with E-state index in [0.29, 0.717) is 5.00 Å². The van der Waals surface area contributed by atoms with E-state index in [1.807, 2.05) is 13.8 Å². The predicted octanol–water partition coefficient (Wildman–Crippen LogP) is 4.22. The highest BCUT2D eigenvalue weighted by Gasteiger charge is 2.23. The Morgan fingerprint density at radius 3 is 2.45 bits per heavy atom.